The van der Waals surface area contributed by atoms with E-state index in [1.165, 1.54) is 18.9 Å². The van der Waals surface area contributed by atoms with Gasteiger partial charge in [-0.3, -0.25) is 9.89 Å². The van der Waals surface area contributed by atoms with Crippen LogP contribution in [0.4, 0.5) is 4.39 Å². The van der Waals surface area contributed by atoms with Crippen molar-refractivity contribution in [1.29, 1.82) is 0 Å². The number of benzene rings is 1. The summed E-state index contributed by atoms with van der Waals surface area (Å²) in [5.74, 6) is 0.491. The van der Waals surface area contributed by atoms with E-state index in [4.69, 9.17) is 4.74 Å². The molecule has 0 aliphatic heterocycles. The second-order valence-corrected chi connectivity index (χ2v) is 5.70. The number of halogens is 1. The molecule has 0 radical (unpaired) electrons. The second kappa shape index (κ2) is 9.47. The summed E-state index contributed by atoms with van der Waals surface area (Å²) in [6.45, 7) is 3.90. The first kappa shape index (κ1) is 17.7. The van der Waals surface area contributed by atoms with Crippen molar-refractivity contribution in [3.8, 4) is 0 Å². The molecule has 0 unspecified atom stereocenters. The van der Waals surface area contributed by atoms with Crippen LogP contribution in [0.25, 0.3) is 0 Å². The molecular weight excluding hydrogens is 295 g/mol. The summed E-state index contributed by atoms with van der Waals surface area (Å²) in [7, 11) is 3.46. The van der Waals surface area contributed by atoms with Crippen LogP contribution < -0.4 is 10.6 Å². The molecule has 23 heavy (non-hydrogen) atoms. The number of aliphatic imine (C=N–C) groups is 1. The molecule has 2 rings (SSSR count). The molecule has 0 bridgehead atoms. The fourth-order valence-electron chi connectivity index (χ4n) is 2.48. The van der Waals surface area contributed by atoms with E-state index in [1.807, 2.05) is 6.07 Å². The first-order chi connectivity index (χ1) is 11.2. The fraction of sp³-hybridized carbons (Fsp3) is 0.588. The van der Waals surface area contributed by atoms with Crippen molar-refractivity contribution in [2.24, 2.45) is 4.99 Å². The maximum Gasteiger partial charge on any atom is 0.191 e. The van der Waals surface area contributed by atoms with Gasteiger partial charge < -0.3 is 15.4 Å². The normalized spacial score (nSPS) is 15.0. The molecule has 6 heteroatoms. The van der Waals surface area contributed by atoms with Gasteiger partial charge >= 0.3 is 0 Å². The van der Waals surface area contributed by atoms with Crippen molar-refractivity contribution in [2.45, 2.75) is 25.4 Å². The molecule has 0 spiro atoms. The zero-order chi connectivity index (χ0) is 16.5. The van der Waals surface area contributed by atoms with E-state index >= 15 is 0 Å². The van der Waals surface area contributed by atoms with Crippen LogP contribution in [0.15, 0.2) is 29.3 Å². The number of nitrogens with one attached hydrogen (secondary N) is 2. The van der Waals surface area contributed by atoms with Gasteiger partial charge in [0.25, 0.3) is 0 Å². The van der Waals surface area contributed by atoms with Crippen molar-refractivity contribution in [3.05, 3.63) is 35.6 Å². The Hall–Kier alpha value is -1.66. The third-order valence-electron chi connectivity index (χ3n) is 3.97. The first-order valence-electron chi connectivity index (χ1n) is 8.15. The maximum atomic E-state index is 13.6. The van der Waals surface area contributed by atoms with Crippen LogP contribution in [-0.2, 0) is 11.3 Å². The van der Waals surface area contributed by atoms with E-state index in [1.54, 1.807) is 26.3 Å². The van der Waals surface area contributed by atoms with Crippen LogP contribution >= 0.6 is 0 Å². The zero-order valence-corrected chi connectivity index (χ0v) is 14.0. The lowest BCUT2D eigenvalue weighted by Gasteiger charge is -2.22. The summed E-state index contributed by atoms with van der Waals surface area (Å²) in [6, 6.07) is 7.48. The molecule has 0 amide bonds. The number of nitrogens with zero attached hydrogens (tertiary/aromatic N) is 2. The van der Waals surface area contributed by atoms with Gasteiger partial charge in [0.1, 0.15) is 5.82 Å². The molecule has 1 aliphatic carbocycles. The summed E-state index contributed by atoms with van der Waals surface area (Å²) >= 11 is 0. The third kappa shape index (κ3) is 6.15. The smallest absolute Gasteiger partial charge is 0.191 e. The van der Waals surface area contributed by atoms with Crippen molar-refractivity contribution in [2.75, 3.05) is 40.4 Å². The molecule has 2 N–H and O–H groups in total. The lowest BCUT2D eigenvalue weighted by Crippen LogP contribution is -2.42. The Kier molecular flexibility index (Phi) is 7.29. The number of guanidine groups is 1. The summed E-state index contributed by atoms with van der Waals surface area (Å²) in [6.07, 6.45) is 2.56. The molecule has 5 nitrogen and oxygen atoms in total. The van der Waals surface area contributed by atoms with E-state index in [-0.39, 0.29) is 5.82 Å². The largest absolute Gasteiger partial charge is 0.383 e. The molecule has 1 fully saturated rings. The molecule has 0 atom stereocenters. The van der Waals surface area contributed by atoms with Crippen LogP contribution in [0.3, 0.4) is 0 Å². The Balaban J connectivity index is 1.71. The van der Waals surface area contributed by atoms with Gasteiger partial charge in [0, 0.05) is 51.9 Å². The summed E-state index contributed by atoms with van der Waals surface area (Å²) in [4.78, 5) is 6.63. The third-order valence-corrected chi connectivity index (χ3v) is 3.97. The summed E-state index contributed by atoms with van der Waals surface area (Å²) < 4.78 is 18.8. The van der Waals surface area contributed by atoms with E-state index in [0.717, 1.165) is 26.2 Å². The molecule has 1 aromatic carbocycles. The number of hydrogen-bond donors (Lipinski definition) is 2. The molecule has 128 valence electrons. The quantitative estimate of drug-likeness (QED) is 0.536. The minimum absolute atomic E-state index is 0.199. The van der Waals surface area contributed by atoms with Crippen molar-refractivity contribution >= 4 is 5.96 Å². The van der Waals surface area contributed by atoms with Gasteiger partial charge in [0.2, 0.25) is 0 Å². The van der Waals surface area contributed by atoms with Gasteiger partial charge in [-0.05, 0) is 18.9 Å². The lowest BCUT2D eigenvalue weighted by atomic mass is 10.2. The van der Waals surface area contributed by atoms with Crippen LogP contribution in [0.2, 0.25) is 0 Å². The van der Waals surface area contributed by atoms with Crippen LogP contribution in [0, 0.1) is 5.82 Å². The standard InChI is InChI=1S/C17H27FN4O/c1-19-17(21-13-14-5-3-4-6-16(14)18)20-9-10-22(11-12-23-2)15-7-8-15/h3-6,15H,7-13H2,1-2H3,(H2,19,20,21). The summed E-state index contributed by atoms with van der Waals surface area (Å²) in [5.41, 5.74) is 0.634. The minimum Gasteiger partial charge on any atom is -0.383 e. The fourth-order valence-corrected chi connectivity index (χ4v) is 2.48. The molecular formula is C17H27FN4O. The van der Waals surface area contributed by atoms with E-state index in [9.17, 15) is 4.39 Å². The Morgan fingerprint density at radius 3 is 2.74 bits per heavy atom. The SMILES string of the molecule is CN=C(NCCN(CCOC)C1CC1)NCc1ccccc1F. The van der Waals surface area contributed by atoms with Gasteiger partial charge in [-0.2, -0.15) is 0 Å². The minimum atomic E-state index is -0.199. The second-order valence-electron chi connectivity index (χ2n) is 5.70. The molecule has 1 aromatic rings. The van der Waals surface area contributed by atoms with Gasteiger partial charge in [0.15, 0.2) is 5.96 Å². The molecule has 1 saturated carbocycles. The Morgan fingerprint density at radius 1 is 1.30 bits per heavy atom. The zero-order valence-electron chi connectivity index (χ0n) is 14.0. The van der Waals surface area contributed by atoms with Crippen molar-refractivity contribution < 1.29 is 9.13 Å². The van der Waals surface area contributed by atoms with Crippen LogP contribution in [0.1, 0.15) is 18.4 Å². The van der Waals surface area contributed by atoms with E-state index in [2.05, 4.69) is 20.5 Å². The number of hydrogen-bond acceptors (Lipinski definition) is 3. The predicted octanol–water partition coefficient (Wildman–Crippen LogP) is 1.60. The molecule has 0 aromatic heterocycles. The van der Waals surface area contributed by atoms with Crippen LogP contribution in [-0.4, -0.2) is 57.3 Å². The van der Waals surface area contributed by atoms with Gasteiger partial charge in [0.05, 0.1) is 6.61 Å². The highest BCUT2D eigenvalue weighted by atomic mass is 19.1. The van der Waals surface area contributed by atoms with Crippen molar-refractivity contribution in [3.63, 3.8) is 0 Å². The number of rotatable bonds is 9. The highest BCUT2D eigenvalue weighted by molar-refractivity contribution is 5.79. The van der Waals surface area contributed by atoms with Crippen LogP contribution in [0.5, 0.6) is 0 Å². The van der Waals surface area contributed by atoms with Gasteiger partial charge in [-0.1, -0.05) is 18.2 Å². The number of ether oxygens (including phenoxy) is 1. The Morgan fingerprint density at radius 2 is 2.09 bits per heavy atom. The number of methoxy groups -OCH3 is 1. The monoisotopic (exact) mass is 322 g/mol. The molecule has 1 aliphatic rings. The van der Waals surface area contributed by atoms with E-state index in [0.29, 0.717) is 24.1 Å². The predicted molar refractivity (Wildman–Crippen MR) is 91.1 cm³/mol. The molecule has 0 heterocycles. The average Bonchev–Trinajstić information content (AvgIpc) is 3.40. The topological polar surface area (TPSA) is 48.9 Å². The van der Waals surface area contributed by atoms with Gasteiger partial charge in [-0.15, -0.1) is 0 Å². The average molecular weight is 322 g/mol. The highest BCUT2D eigenvalue weighted by Crippen LogP contribution is 2.25. The van der Waals surface area contributed by atoms with E-state index < -0.39 is 0 Å². The summed E-state index contributed by atoms with van der Waals surface area (Å²) in [5, 5.41) is 6.43. The Bertz CT molecular complexity index is 505. The Labute approximate surface area is 137 Å². The van der Waals surface area contributed by atoms with Gasteiger partial charge in [-0.25, -0.2) is 4.39 Å². The maximum absolute atomic E-state index is 13.6. The first-order valence-corrected chi connectivity index (χ1v) is 8.15. The highest BCUT2D eigenvalue weighted by Gasteiger charge is 2.28. The lowest BCUT2D eigenvalue weighted by molar-refractivity contribution is 0.144. The van der Waals surface area contributed by atoms with Crippen molar-refractivity contribution in [1.82, 2.24) is 15.5 Å². The molecule has 0 saturated heterocycles.